The predicted octanol–water partition coefficient (Wildman–Crippen LogP) is 1.44. The van der Waals surface area contributed by atoms with Gasteiger partial charge >= 0.3 is 0 Å². The molecule has 0 aliphatic carbocycles. The van der Waals surface area contributed by atoms with Crippen molar-refractivity contribution >= 4 is 17.2 Å². The van der Waals surface area contributed by atoms with Crippen molar-refractivity contribution in [2.45, 2.75) is 20.4 Å². The molecule has 3 heterocycles. The molecule has 3 aromatic heterocycles. The normalized spacial score (nSPS) is 10.8. The first kappa shape index (κ1) is 14.4. The molecule has 9 heteroatoms. The molecule has 1 N–H and O–H groups in total. The molecule has 3 rings (SSSR count). The highest BCUT2D eigenvalue weighted by molar-refractivity contribution is 7.13. The van der Waals surface area contributed by atoms with Crippen LogP contribution in [0.2, 0.25) is 0 Å². The van der Waals surface area contributed by atoms with Gasteiger partial charge in [0.15, 0.2) is 11.5 Å². The van der Waals surface area contributed by atoms with Crippen molar-refractivity contribution in [3.8, 4) is 11.6 Å². The van der Waals surface area contributed by atoms with Gasteiger partial charge in [-0.15, -0.1) is 16.4 Å². The van der Waals surface area contributed by atoms with Crippen LogP contribution in [0.25, 0.3) is 11.6 Å². The van der Waals surface area contributed by atoms with Crippen molar-refractivity contribution in [2.24, 2.45) is 0 Å². The van der Waals surface area contributed by atoms with E-state index in [4.69, 9.17) is 4.52 Å². The summed E-state index contributed by atoms with van der Waals surface area (Å²) in [4.78, 5) is 17.8. The highest BCUT2D eigenvalue weighted by Crippen LogP contribution is 2.14. The Hall–Kier alpha value is -2.55. The van der Waals surface area contributed by atoms with Crippen LogP contribution >= 0.6 is 11.3 Å². The maximum atomic E-state index is 11.9. The number of aryl methyl sites for hydroxylation is 2. The summed E-state index contributed by atoms with van der Waals surface area (Å²) < 4.78 is 6.64. The number of carbonyl (C=O) groups is 1. The minimum atomic E-state index is -0.0778. The molecule has 0 radical (unpaired) electrons. The number of carbonyl (C=O) groups excluding carboxylic acids is 1. The molecule has 0 fully saturated rings. The van der Waals surface area contributed by atoms with E-state index in [1.54, 1.807) is 17.8 Å². The molecular weight excluding hydrogens is 304 g/mol. The molecule has 0 saturated carbocycles. The van der Waals surface area contributed by atoms with Crippen LogP contribution in [0.5, 0.6) is 0 Å². The molecule has 3 aromatic rings. The van der Waals surface area contributed by atoms with Crippen molar-refractivity contribution in [1.82, 2.24) is 30.5 Å². The Kier molecular flexibility index (Phi) is 3.96. The zero-order chi connectivity index (χ0) is 15.5. The van der Waals surface area contributed by atoms with E-state index < -0.39 is 0 Å². The molecule has 8 nitrogen and oxygen atoms in total. The molecule has 0 spiro atoms. The number of hydrogen-bond acceptors (Lipinski definition) is 7. The fourth-order valence-electron chi connectivity index (χ4n) is 1.83. The summed E-state index contributed by atoms with van der Waals surface area (Å²) in [6.45, 7) is 4.68. The molecule has 114 valence electrons. The number of thiophene rings is 1. The first-order valence-corrected chi connectivity index (χ1v) is 7.49. The fraction of sp³-hybridized carbons (Fsp3) is 0.308. The average Bonchev–Trinajstić information content (AvgIpc) is 3.19. The van der Waals surface area contributed by atoms with Gasteiger partial charge in [0.25, 0.3) is 11.8 Å². The molecule has 22 heavy (non-hydrogen) atoms. The first-order chi connectivity index (χ1) is 10.6. The van der Waals surface area contributed by atoms with Gasteiger partial charge < -0.3 is 9.84 Å². The van der Waals surface area contributed by atoms with Crippen LogP contribution < -0.4 is 5.32 Å². The molecule has 0 aliphatic rings. The molecule has 0 saturated heterocycles. The highest BCUT2D eigenvalue weighted by atomic mass is 32.1. The molecule has 0 atom stereocenters. The standard InChI is InChI=1S/C13H14N6O2S/c1-8-3-4-11(22-8)12(20)14-5-6-19-7-10(16-18-19)13-15-9(2)17-21-13/h3-4,7H,5-6H2,1-2H3,(H,14,20). The van der Waals surface area contributed by atoms with Crippen molar-refractivity contribution in [1.29, 1.82) is 0 Å². The number of nitrogens with zero attached hydrogens (tertiary/aromatic N) is 5. The third-order valence-electron chi connectivity index (χ3n) is 2.88. The van der Waals surface area contributed by atoms with Gasteiger partial charge in [-0.1, -0.05) is 10.4 Å². The van der Waals surface area contributed by atoms with Crippen LogP contribution in [-0.4, -0.2) is 37.6 Å². The third kappa shape index (κ3) is 3.19. The van der Waals surface area contributed by atoms with E-state index in [1.165, 1.54) is 11.3 Å². The Balaban J connectivity index is 1.54. The SMILES string of the molecule is Cc1noc(-c2cn(CCNC(=O)c3ccc(C)s3)nn2)n1. The van der Waals surface area contributed by atoms with Gasteiger partial charge in [-0.05, 0) is 26.0 Å². The van der Waals surface area contributed by atoms with Crippen LogP contribution in [0.3, 0.4) is 0 Å². The topological polar surface area (TPSA) is 98.7 Å². The molecule has 0 unspecified atom stereocenters. The lowest BCUT2D eigenvalue weighted by molar-refractivity contribution is 0.0956. The van der Waals surface area contributed by atoms with E-state index in [-0.39, 0.29) is 5.91 Å². The van der Waals surface area contributed by atoms with Crippen molar-refractivity contribution in [3.63, 3.8) is 0 Å². The smallest absolute Gasteiger partial charge is 0.280 e. The minimum absolute atomic E-state index is 0.0778. The maximum Gasteiger partial charge on any atom is 0.280 e. The second kappa shape index (κ2) is 6.06. The first-order valence-electron chi connectivity index (χ1n) is 6.67. The van der Waals surface area contributed by atoms with Gasteiger partial charge in [0.2, 0.25) is 0 Å². The van der Waals surface area contributed by atoms with Gasteiger partial charge in [0.05, 0.1) is 17.6 Å². The zero-order valence-electron chi connectivity index (χ0n) is 12.1. The van der Waals surface area contributed by atoms with E-state index in [2.05, 4.69) is 25.8 Å². The number of amides is 1. The van der Waals surface area contributed by atoms with Gasteiger partial charge in [-0.2, -0.15) is 4.98 Å². The van der Waals surface area contributed by atoms with Crippen LogP contribution in [0.4, 0.5) is 0 Å². The van der Waals surface area contributed by atoms with Crippen molar-refractivity contribution in [3.05, 3.63) is 33.9 Å². The van der Waals surface area contributed by atoms with Crippen LogP contribution in [0.15, 0.2) is 22.9 Å². The van der Waals surface area contributed by atoms with E-state index >= 15 is 0 Å². The lowest BCUT2D eigenvalue weighted by Crippen LogP contribution is -2.26. The van der Waals surface area contributed by atoms with E-state index in [0.717, 1.165) is 4.88 Å². The lowest BCUT2D eigenvalue weighted by atomic mass is 10.4. The van der Waals surface area contributed by atoms with Crippen molar-refractivity contribution in [2.75, 3.05) is 6.54 Å². The zero-order valence-corrected chi connectivity index (χ0v) is 12.9. The average molecular weight is 318 g/mol. The minimum Gasteiger partial charge on any atom is -0.349 e. The summed E-state index contributed by atoms with van der Waals surface area (Å²) in [5.74, 6) is 0.802. The second-order valence-corrected chi connectivity index (χ2v) is 5.97. The monoisotopic (exact) mass is 318 g/mol. The highest BCUT2D eigenvalue weighted by Gasteiger charge is 2.11. The molecule has 0 bridgehead atoms. The Bertz CT molecular complexity index is 790. The number of nitrogens with one attached hydrogen (secondary N) is 1. The maximum absolute atomic E-state index is 11.9. The van der Waals surface area contributed by atoms with Crippen LogP contribution in [0, 0.1) is 13.8 Å². The van der Waals surface area contributed by atoms with E-state index in [1.807, 2.05) is 19.1 Å². The molecular formula is C13H14N6O2S. The van der Waals surface area contributed by atoms with Gasteiger partial charge in [0.1, 0.15) is 0 Å². The van der Waals surface area contributed by atoms with Crippen LogP contribution in [-0.2, 0) is 6.54 Å². The Labute approximate surface area is 130 Å². The molecule has 0 aliphatic heterocycles. The second-order valence-electron chi connectivity index (χ2n) is 4.68. The third-order valence-corrected chi connectivity index (χ3v) is 3.88. The summed E-state index contributed by atoms with van der Waals surface area (Å²) in [6, 6.07) is 3.75. The predicted molar refractivity (Wildman–Crippen MR) is 79.4 cm³/mol. The Morgan fingerprint density at radius 1 is 1.41 bits per heavy atom. The summed E-state index contributed by atoms with van der Waals surface area (Å²) >= 11 is 1.47. The Morgan fingerprint density at radius 2 is 2.27 bits per heavy atom. The summed E-state index contributed by atoms with van der Waals surface area (Å²) in [6.07, 6.45) is 1.70. The van der Waals surface area contributed by atoms with Crippen molar-refractivity contribution < 1.29 is 9.32 Å². The largest absolute Gasteiger partial charge is 0.349 e. The molecule has 1 amide bonds. The quantitative estimate of drug-likeness (QED) is 0.764. The Morgan fingerprint density at radius 3 is 2.95 bits per heavy atom. The number of rotatable bonds is 5. The van der Waals surface area contributed by atoms with E-state index in [9.17, 15) is 4.79 Å². The van der Waals surface area contributed by atoms with Gasteiger partial charge in [-0.3, -0.25) is 4.79 Å². The number of aromatic nitrogens is 5. The lowest BCUT2D eigenvalue weighted by Gasteiger charge is -2.02. The van der Waals surface area contributed by atoms with E-state index in [0.29, 0.717) is 35.4 Å². The summed E-state index contributed by atoms with van der Waals surface area (Å²) in [5, 5.41) is 14.5. The summed E-state index contributed by atoms with van der Waals surface area (Å²) in [5.41, 5.74) is 0.515. The van der Waals surface area contributed by atoms with Crippen LogP contribution in [0.1, 0.15) is 20.4 Å². The van der Waals surface area contributed by atoms with Gasteiger partial charge in [-0.25, -0.2) is 4.68 Å². The summed E-state index contributed by atoms with van der Waals surface area (Å²) in [7, 11) is 0. The van der Waals surface area contributed by atoms with Gasteiger partial charge in [0, 0.05) is 11.4 Å². The molecule has 0 aromatic carbocycles. The fourth-order valence-corrected chi connectivity index (χ4v) is 2.62. The number of hydrogen-bond donors (Lipinski definition) is 1.